The lowest BCUT2D eigenvalue weighted by molar-refractivity contribution is 0.0438. The number of nitrogens with zero attached hydrogens (tertiary/aromatic N) is 1. The highest BCUT2D eigenvalue weighted by Gasteiger charge is 2.28. The lowest BCUT2D eigenvalue weighted by atomic mass is 10.1. The molecule has 2 aromatic rings. The minimum atomic E-state index is -0.321. The Morgan fingerprint density at radius 2 is 2.30 bits per heavy atom. The Morgan fingerprint density at radius 3 is 3.05 bits per heavy atom. The first-order valence-electron chi connectivity index (χ1n) is 6.85. The van der Waals surface area contributed by atoms with Crippen molar-refractivity contribution in [3.05, 3.63) is 41.2 Å². The summed E-state index contributed by atoms with van der Waals surface area (Å²) in [5, 5.41) is 2.21. The first-order chi connectivity index (χ1) is 9.65. The third kappa shape index (κ3) is 2.78. The molecule has 0 spiro atoms. The lowest BCUT2D eigenvalue weighted by Crippen LogP contribution is -2.13. The van der Waals surface area contributed by atoms with Gasteiger partial charge in [-0.05, 0) is 48.3 Å². The van der Waals surface area contributed by atoms with Crippen LogP contribution in [-0.4, -0.2) is 17.6 Å². The van der Waals surface area contributed by atoms with E-state index in [1.807, 2.05) is 12.1 Å². The van der Waals surface area contributed by atoms with Gasteiger partial charge in [0.25, 0.3) is 0 Å². The molecule has 1 aliphatic rings. The van der Waals surface area contributed by atoms with Crippen molar-refractivity contribution in [3.8, 4) is 0 Å². The maximum Gasteiger partial charge on any atom is 0.338 e. The molecular formula is C16H16ClNO2. The van der Waals surface area contributed by atoms with Crippen molar-refractivity contribution >= 4 is 28.3 Å². The summed E-state index contributed by atoms with van der Waals surface area (Å²) in [7, 11) is 0. The second kappa shape index (κ2) is 5.41. The Labute approximate surface area is 122 Å². The van der Waals surface area contributed by atoms with Crippen molar-refractivity contribution in [1.29, 1.82) is 0 Å². The molecular weight excluding hydrogens is 274 g/mol. The number of hydrogen-bond donors (Lipinski definition) is 0. The number of esters is 1. The molecule has 0 bridgehead atoms. The first-order valence-corrected chi connectivity index (χ1v) is 7.23. The normalized spacial score (nSPS) is 16.1. The molecule has 1 heterocycles. The van der Waals surface area contributed by atoms with Gasteiger partial charge in [0.15, 0.2) is 0 Å². The van der Waals surface area contributed by atoms with E-state index in [4.69, 9.17) is 16.3 Å². The van der Waals surface area contributed by atoms with E-state index in [0.29, 0.717) is 23.1 Å². The van der Waals surface area contributed by atoms with Crippen molar-refractivity contribution < 1.29 is 9.53 Å². The highest BCUT2D eigenvalue weighted by molar-refractivity contribution is 6.32. The number of rotatable bonds is 4. The summed E-state index contributed by atoms with van der Waals surface area (Å²) >= 11 is 6.06. The van der Waals surface area contributed by atoms with E-state index in [1.165, 1.54) is 12.8 Å². The molecule has 1 aromatic heterocycles. The van der Waals surface area contributed by atoms with Crippen LogP contribution in [0.1, 0.15) is 30.1 Å². The van der Waals surface area contributed by atoms with E-state index in [-0.39, 0.29) is 5.97 Å². The average Bonchev–Trinajstić information content (AvgIpc) is 3.28. The largest absolute Gasteiger partial charge is 0.462 e. The second-order valence-electron chi connectivity index (χ2n) is 5.46. The number of fused-ring (bicyclic) bond motifs is 1. The molecule has 20 heavy (non-hydrogen) atoms. The Kier molecular flexibility index (Phi) is 3.62. The van der Waals surface area contributed by atoms with E-state index < -0.39 is 0 Å². The van der Waals surface area contributed by atoms with Crippen molar-refractivity contribution in [2.75, 3.05) is 6.61 Å². The zero-order valence-corrected chi connectivity index (χ0v) is 12.1. The number of hydrogen-bond acceptors (Lipinski definition) is 3. The molecule has 1 aromatic carbocycles. The van der Waals surface area contributed by atoms with Crippen LogP contribution in [0.25, 0.3) is 10.8 Å². The smallest absolute Gasteiger partial charge is 0.338 e. The van der Waals surface area contributed by atoms with Crippen LogP contribution in [0.5, 0.6) is 0 Å². The maximum atomic E-state index is 12.2. The highest BCUT2D eigenvalue weighted by Crippen LogP contribution is 2.36. The van der Waals surface area contributed by atoms with Gasteiger partial charge in [-0.3, -0.25) is 4.98 Å². The topological polar surface area (TPSA) is 39.2 Å². The Morgan fingerprint density at radius 1 is 1.50 bits per heavy atom. The Balaban J connectivity index is 1.83. The molecule has 1 atom stereocenters. The fraction of sp³-hybridized carbons (Fsp3) is 0.375. The molecule has 0 amide bonds. The summed E-state index contributed by atoms with van der Waals surface area (Å²) in [5.41, 5.74) is 0.489. The summed E-state index contributed by atoms with van der Waals surface area (Å²) in [6, 6.07) is 5.31. The highest BCUT2D eigenvalue weighted by atomic mass is 35.5. The molecule has 0 radical (unpaired) electrons. The van der Waals surface area contributed by atoms with Gasteiger partial charge < -0.3 is 4.74 Å². The molecule has 0 saturated heterocycles. The van der Waals surface area contributed by atoms with Gasteiger partial charge in [0.1, 0.15) is 0 Å². The monoisotopic (exact) mass is 289 g/mol. The predicted molar refractivity (Wildman–Crippen MR) is 78.9 cm³/mol. The van der Waals surface area contributed by atoms with Crippen LogP contribution >= 0.6 is 11.6 Å². The van der Waals surface area contributed by atoms with Gasteiger partial charge in [-0.2, -0.15) is 0 Å². The summed E-state index contributed by atoms with van der Waals surface area (Å²) in [6.45, 7) is 2.60. The van der Waals surface area contributed by atoms with E-state index in [0.717, 1.165) is 16.7 Å². The first kappa shape index (κ1) is 13.4. The quantitative estimate of drug-likeness (QED) is 0.796. The van der Waals surface area contributed by atoms with Crippen LogP contribution in [0.3, 0.4) is 0 Å². The van der Waals surface area contributed by atoms with Crippen LogP contribution < -0.4 is 0 Å². The number of aromatic nitrogens is 1. The van der Waals surface area contributed by atoms with Crippen LogP contribution in [-0.2, 0) is 4.74 Å². The van der Waals surface area contributed by atoms with E-state index in [2.05, 4.69) is 11.9 Å². The molecule has 3 rings (SSSR count). The van der Waals surface area contributed by atoms with Gasteiger partial charge in [0.2, 0.25) is 0 Å². The molecule has 1 aliphatic carbocycles. The predicted octanol–water partition coefficient (Wildman–Crippen LogP) is 4.09. The number of carbonyl (C=O) groups excluding carboxylic acids is 1. The molecule has 3 nitrogen and oxygen atoms in total. The van der Waals surface area contributed by atoms with Crippen molar-refractivity contribution in [1.82, 2.24) is 4.98 Å². The van der Waals surface area contributed by atoms with E-state index in [1.54, 1.807) is 18.5 Å². The van der Waals surface area contributed by atoms with Crippen LogP contribution in [0.15, 0.2) is 30.6 Å². The standard InChI is InChI=1S/C16H16ClNO2/c1-10(11-2-3-11)9-20-16(19)14-7-13(17)6-12-4-5-18-8-15(12)14/h4-8,10-11H,2-3,9H2,1H3. The number of carbonyl (C=O) groups is 1. The fourth-order valence-corrected chi connectivity index (χ4v) is 2.64. The number of benzene rings is 1. The summed E-state index contributed by atoms with van der Waals surface area (Å²) in [5.74, 6) is 0.834. The van der Waals surface area contributed by atoms with Gasteiger partial charge >= 0.3 is 5.97 Å². The summed E-state index contributed by atoms with van der Waals surface area (Å²) in [4.78, 5) is 16.3. The number of pyridine rings is 1. The lowest BCUT2D eigenvalue weighted by Gasteiger charge is -2.12. The minimum Gasteiger partial charge on any atom is -0.462 e. The van der Waals surface area contributed by atoms with Gasteiger partial charge in [-0.1, -0.05) is 18.5 Å². The average molecular weight is 290 g/mol. The van der Waals surface area contributed by atoms with E-state index >= 15 is 0 Å². The van der Waals surface area contributed by atoms with Crippen molar-refractivity contribution in [2.45, 2.75) is 19.8 Å². The number of halogens is 1. The van der Waals surface area contributed by atoms with Gasteiger partial charge in [0.05, 0.1) is 12.2 Å². The zero-order chi connectivity index (χ0) is 14.1. The zero-order valence-electron chi connectivity index (χ0n) is 11.3. The summed E-state index contributed by atoms with van der Waals surface area (Å²) < 4.78 is 5.43. The Bertz CT molecular complexity index is 652. The third-order valence-electron chi connectivity index (χ3n) is 3.84. The summed E-state index contributed by atoms with van der Waals surface area (Å²) in [6.07, 6.45) is 5.86. The SMILES string of the molecule is CC(COC(=O)c1cc(Cl)cc2ccncc12)C1CC1. The molecule has 4 heteroatoms. The minimum absolute atomic E-state index is 0.321. The molecule has 1 fully saturated rings. The molecule has 0 N–H and O–H groups in total. The molecule has 1 saturated carbocycles. The van der Waals surface area contributed by atoms with Crippen LogP contribution in [0.4, 0.5) is 0 Å². The van der Waals surface area contributed by atoms with Crippen LogP contribution in [0, 0.1) is 11.8 Å². The van der Waals surface area contributed by atoms with Crippen LogP contribution in [0.2, 0.25) is 5.02 Å². The molecule has 104 valence electrons. The van der Waals surface area contributed by atoms with Crippen molar-refractivity contribution in [2.24, 2.45) is 11.8 Å². The Hall–Kier alpha value is -1.61. The molecule has 0 aliphatic heterocycles. The van der Waals surface area contributed by atoms with Gasteiger partial charge in [-0.25, -0.2) is 4.79 Å². The van der Waals surface area contributed by atoms with Crippen molar-refractivity contribution in [3.63, 3.8) is 0 Å². The fourth-order valence-electron chi connectivity index (χ4n) is 2.42. The van der Waals surface area contributed by atoms with Gasteiger partial charge in [-0.15, -0.1) is 0 Å². The molecule has 1 unspecified atom stereocenters. The second-order valence-corrected chi connectivity index (χ2v) is 5.90. The number of ether oxygens (including phenoxy) is 1. The third-order valence-corrected chi connectivity index (χ3v) is 4.06. The van der Waals surface area contributed by atoms with E-state index in [9.17, 15) is 4.79 Å². The maximum absolute atomic E-state index is 12.2. The van der Waals surface area contributed by atoms with Gasteiger partial charge in [0, 0.05) is 22.8 Å².